The van der Waals surface area contributed by atoms with Crippen molar-refractivity contribution in [2.75, 3.05) is 0 Å². The van der Waals surface area contributed by atoms with Gasteiger partial charge in [-0.15, -0.1) is 0 Å². The van der Waals surface area contributed by atoms with E-state index in [1.54, 1.807) is 30.5 Å². The molecule has 0 spiro atoms. The third-order valence-electron chi connectivity index (χ3n) is 2.13. The Hall–Kier alpha value is -0.960. The minimum atomic E-state index is 0.371. The molecule has 0 saturated heterocycles. The third-order valence-corrected chi connectivity index (χ3v) is 2.87. The molecule has 5 heteroatoms. The molecule has 1 aromatic heterocycles. The van der Waals surface area contributed by atoms with Gasteiger partial charge in [-0.05, 0) is 25.1 Å². The Kier molecular flexibility index (Phi) is 3.77. The van der Waals surface area contributed by atoms with Gasteiger partial charge < -0.3 is 4.74 Å². The van der Waals surface area contributed by atoms with Crippen LogP contribution < -0.4 is 4.74 Å². The van der Waals surface area contributed by atoms with Crippen LogP contribution in [-0.2, 0) is 0 Å². The summed E-state index contributed by atoms with van der Waals surface area (Å²) in [5.41, 5.74) is 0.875. The largest absolute Gasteiger partial charge is 0.455 e. The zero-order valence-corrected chi connectivity index (χ0v) is 11.1. The van der Waals surface area contributed by atoms with E-state index in [0.717, 1.165) is 5.56 Å². The normalized spacial score (nSPS) is 10.4. The van der Waals surface area contributed by atoms with E-state index in [1.807, 2.05) is 6.92 Å². The summed E-state index contributed by atoms with van der Waals surface area (Å²) in [5.74, 6) is 1.15. The number of aryl methyl sites for hydroxylation is 1. The Bertz CT molecular complexity index is 557. The molecule has 2 aromatic rings. The number of ether oxygens (including phenoxy) is 1. The van der Waals surface area contributed by atoms with Gasteiger partial charge in [-0.3, -0.25) is 0 Å². The summed E-state index contributed by atoms with van der Waals surface area (Å²) in [5, 5.41) is 1.38. The van der Waals surface area contributed by atoms with Gasteiger partial charge in [0.2, 0.25) is 0 Å². The molecule has 0 fully saturated rings. The smallest absolute Gasteiger partial charge is 0.146 e. The first-order valence-electron chi connectivity index (χ1n) is 4.81. The first-order valence-corrected chi connectivity index (χ1v) is 5.94. The lowest BCUT2D eigenvalue weighted by atomic mass is 10.3. The molecular formula is C12H8Cl3NO. The van der Waals surface area contributed by atoms with Crippen molar-refractivity contribution in [3.05, 3.63) is 51.2 Å². The Labute approximate surface area is 114 Å². The van der Waals surface area contributed by atoms with Crippen LogP contribution in [0.5, 0.6) is 11.5 Å². The van der Waals surface area contributed by atoms with Crippen molar-refractivity contribution in [3.63, 3.8) is 0 Å². The van der Waals surface area contributed by atoms with Gasteiger partial charge >= 0.3 is 0 Å². The molecule has 88 valence electrons. The number of aromatic nitrogens is 1. The summed E-state index contributed by atoms with van der Waals surface area (Å²) in [6.07, 6.45) is 1.64. The van der Waals surface area contributed by atoms with Crippen molar-refractivity contribution in [3.8, 4) is 11.5 Å². The highest BCUT2D eigenvalue weighted by molar-refractivity contribution is 6.35. The van der Waals surface area contributed by atoms with E-state index in [0.29, 0.717) is 26.7 Å². The molecule has 0 saturated carbocycles. The monoisotopic (exact) mass is 287 g/mol. The number of nitrogens with zero attached hydrogens (tertiary/aromatic N) is 1. The van der Waals surface area contributed by atoms with Crippen LogP contribution in [0, 0.1) is 6.92 Å². The Morgan fingerprint density at radius 3 is 2.53 bits per heavy atom. The van der Waals surface area contributed by atoms with Crippen LogP contribution in [0.4, 0.5) is 0 Å². The second-order valence-electron chi connectivity index (χ2n) is 3.45. The van der Waals surface area contributed by atoms with Crippen molar-refractivity contribution in [1.29, 1.82) is 0 Å². The van der Waals surface area contributed by atoms with Crippen molar-refractivity contribution in [1.82, 2.24) is 4.98 Å². The zero-order valence-electron chi connectivity index (χ0n) is 8.88. The molecule has 1 heterocycles. The quantitative estimate of drug-likeness (QED) is 0.714. The third kappa shape index (κ3) is 3.03. The number of pyridine rings is 1. The Morgan fingerprint density at radius 1 is 1.06 bits per heavy atom. The first kappa shape index (κ1) is 12.5. The maximum atomic E-state index is 6.01. The molecule has 2 nitrogen and oxygen atoms in total. The lowest BCUT2D eigenvalue weighted by molar-refractivity contribution is 0.478. The second kappa shape index (κ2) is 5.13. The summed E-state index contributed by atoms with van der Waals surface area (Å²) in [7, 11) is 0. The van der Waals surface area contributed by atoms with E-state index in [9.17, 15) is 0 Å². The summed E-state index contributed by atoms with van der Waals surface area (Å²) in [6, 6.07) is 6.68. The Balaban J connectivity index is 2.34. The van der Waals surface area contributed by atoms with Gasteiger partial charge in [0, 0.05) is 22.8 Å². The van der Waals surface area contributed by atoms with Crippen molar-refractivity contribution < 1.29 is 4.74 Å². The van der Waals surface area contributed by atoms with Crippen LogP contribution in [0.3, 0.4) is 0 Å². The van der Waals surface area contributed by atoms with Crippen LogP contribution in [0.1, 0.15) is 5.56 Å². The highest BCUT2D eigenvalue weighted by Crippen LogP contribution is 2.33. The summed E-state index contributed by atoms with van der Waals surface area (Å²) in [6.45, 7) is 1.88. The van der Waals surface area contributed by atoms with Gasteiger partial charge in [0.15, 0.2) is 0 Å². The number of rotatable bonds is 2. The van der Waals surface area contributed by atoms with Crippen LogP contribution in [0.2, 0.25) is 15.2 Å². The molecule has 1 aromatic carbocycles. The molecule has 0 aliphatic carbocycles. The number of benzene rings is 1. The topological polar surface area (TPSA) is 22.1 Å². The molecule has 2 rings (SSSR count). The molecular weight excluding hydrogens is 280 g/mol. The first-order chi connectivity index (χ1) is 8.06. The van der Waals surface area contributed by atoms with E-state index < -0.39 is 0 Å². The highest BCUT2D eigenvalue weighted by atomic mass is 35.5. The molecule has 0 radical (unpaired) electrons. The molecule has 0 aliphatic heterocycles. The maximum absolute atomic E-state index is 6.01. The molecule has 0 aliphatic rings. The van der Waals surface area contributed by atoms with Gasteiger partial charge in [-0.1, -0.05) is 34.8 Å². The molecule has 0 bridgehead atoms. The summed E-state index contributed by atoms with van der Waals surface area (Å²) >= 11 is 17.6. The van der Waals surface area contributed by atoms with Crippen LogP contribution in [0.25, 0.3) is 0 Å². The van der Waals surface area contributed by atoms with E-state index >= 15 is 0 Å². The molecule has 0 N–H and O–H groups in total. The summed E-state index contributed by atoms with van der Waals surface area (Å²) in [4.78, 5) is 3.95. The van der Waals surface area contributed by atoms with Crippen molar-refractivity contribution >= 4 is 34.8 Å². The lowest BCUT2D eigenvalue weighted by Gasteiger charge is -2.10. The van der Waals surface area contributed by atoms with Gasteiger partial charge in [-0.2, -0.15) is 0 Å². The zero-order chi connectivity index (χ0) is 12.4. The predicted molar refractivity (Wildman–Crippen MR) is 70.5 cm³/mol. The minimum Gasteiger partial charge on any atom is -0.455 e. The molecule has 0 unspecified atom stereocenters. The van der Waals surface area contributed by atoms with Gasteiger partial charge in [0.1, 0.15) is 16.7 Å². The van der Waals surface area contributed by atoms with Gasteiger partial charge in [-0.25, -0.2) is 4.98 Å². The number of hydrogen-bond acceptors (Lipinski definition) is 2. The summed E-state index contributed by atoms with van der Waals surface area (Å²) < 4.78 is 5.66. The average molecular weight is 289 g/mol. The van der Waals surface area contributed by atoms with Crippen LogP contribution in [-0.4, -0.2) is 4.98 Å². The van der Waals surface area contributed by atoms with E-state index in [2.05, 4.69) is 4.98 Å². The lowest BCUT2D eigenvalue weighted by Crippen LogP contribution is -1.90. The fourth-order valence-corrected chi connectivity index (χ4v) is 1.86. The van der Waals surface area contributed by atoms with Crippen LogP contribution >= 0.6 is 34.8 Å². The second-order valence-corrected chi connectivity index (χ2v) is 4.68. The minimum absolute atomic E-state index is 0.371. The van der Waals surface area contributed by atoms with Crippen LogP contribution in [0.15, 0.2) is 30.5 Å². The molecule has 0 atom stereocenters. The van der Waals surface area contributed by atoms with Gasteiger partial charge in [0.25, 0.3) is 0 Å². The van der Waals surface area contributed by atoms with Gasteiger partial charge in [0.05, 0.1) is 5.02 Å². The predicted octanol–water partition coefficient (Wildman–Crippen LogP) is 5.14. The fourth-order valence-electron chi connectivity index (χ4n) is 1.27. The molecule has 17 heavy (non-hydrogen) atoms. The Morgan fingerprint density at radius 2 is 1.82 bits per heavy atom. The molecule has 0 amide bonds. The number of hydrogen-bond donors (Lipinski definition) is 0. The average Bonchev–Trinajstić information content (AvgIpc) is 2.27. The van der Waals surface area contributed by atoms with E-state index in [1.165, 1.54) is 0 Å². The fraction of sp³-hybridized carbons (Fsp3) is 0.0833. The van der Waals surface area contributed by atoms with Crippen molar-refractivity contribution in [2.24, 2.45) is 0 Å². The van der Waals surface area contributed by atoms with E-state index in [4.69, 9.17) is 39.5 Å². The standard InChI is InChI=1S/C12H8Cl3NO/c1-7-6-16-12(15)5-11(7)17-10-3-2-8(13)4-9(10)14/h2-6H,1H3. The number of halogens is 3. The SMILES string of the molecule is Cc1cnc(Cl)cc1Oc1ccc(Cl)cc1Cl. The van der Waals surface area contributed by atoms with E-state index in [-0.39, 0.29) is 0 Å². The maximum Gasteiger partial charge on any atom is 0.146 e. The highest BCUT2D eigenvalue weighted by Gasteiger charge is 2.07. The van der Waals surface area contributed by atoms with Crippen molar-refractivity contribution in [2.45, 2.75) is 6.92 Å².